The van der Waals surface area contributed by atoms with Crippen molar-refractivity contribution in [2.75, 3.05) is 45.6 Å². The molecule has 1 aromatic heterocycles. The molecule has 0 spiro atoms. The van der Waals surface area contributed by atoms with Crippen LogP contribution in [0.25, 0.3) is 11.3 Å². The highest BCUT2D eigenvalue weighted by atomic mass is 35.5. The van der Waals surface area contributed by atoms with Crippen LogP contribution in [0.2, 0.25) is 5.02 Å². The van der Waals surface area contributed by atoms with Crippen LogP contribution in [0, 0.1) is 23.5 Å². The van der Waals surface area contributed by atoms with Crippen LogP contribution in [-0.4, -0.2) is 73.1 Å². The minimum Gasteiger partial charge on any atom is -0.379 e. The summed E-state index contributed by atoms with van der Waals surface area (Å²) in [4.78, 5) is 2.37. The van der Waals surface area contributed by atoms with Crippen LogP contribution in [0.5, 0.6) is 0 Å². The van der Waals surface area contributed by atoms with E-state index in [1.54, 1.807) is 12.1 Å². The van der Waals surface area contributed by atoms with Gasteiger partial charge in [-0.25, -0.2) is 17.2 Å². The number of nitrogens with zero attached hydrogens (tertiary/aromatic N) is 4. The van der Waals surface area contributed by atoms with Crippen molar-refractivity contribution < 1.29 is 21.9 Å². The van der Waals surface area contributed by atoms with Crippen molar-refractivity contribution in [3.8, 4) is 23.1 Å². The molecule has 3 heterocycles. The van der Waals surface area contributed by atoms with Crippen molar-refractivity contribution in [1.29, 1.82) is 0 Å². The van der Waals surface area contributed by atoms with Crippen LogP contribution in [0.4, 0.5) is 8.78 Å². The molecule has 0 atom stereocenters. The number of morpholine rings is 1. The van der Waals surface area contributed by atoms with E-state index in [2.05, 4.69) is 16.7 Å². The number of halogens is 3. The molecule has 0 amide bonds. The van der Waals surface area contributed by atoms with Gasteiger partial charge in [-0.1, -0.05) is 29.5 Å². The number of fused-ring (bicyclic) bond motifs is 1. The fourth-order valence-corrected chi connectivity index (χ4v) is 5.88. The quantitative estimate of drug-likeness (QED) is 0.418. The molecule has 0 radical (unpaired) electrons. The Morgan fingerprint density at radius 2 is 1.79 bits per heavy atom. The van der Waals surface area contributed by atoms with Crippen molar-refractivity contribution in [3.63, 3.8) is 0 Å². The van der Waals surface area contributed by atoms with E-state index in [9.17, 15) is 17.2 Å². The molecule has 206 valence electrons. The molecular formula is C28H29ClF2N4O3S. The summed E-state index contributed by atoms with van der Waals surface area (Å²) in [6.07, 6.45) is 2.69. The smallest absolute Gasteiger partial charge is 0.211 e. The maximum atomic E-state index is 14.1. The summed E-state index contributed by atoms with van der Waals surface area (Å²) in [5, 5.41) is 5.31. The molecule has 7 nitrogen and oxygen atoms in total. The van der Waals surface area contributed by atoms with Crippen molar-refractivity contribution in [1.82, 2.24) is 19.0 Å². The average Bonchev–Trinajstić information content (AvgIpc) is 3.27. The Hall–Kier alpha value is -2.81. The third kappa shape index (κ3) is 6.51. The lowest BCUT2D eigenvalue weighted by Gasteiger charge is -2.27. The highest BCUT2D eigenvalue weighted by Gasteiger charge is 2.30. The van der Waals surface area contributed by atoms with E-state index in [0.717, 1.165) is 68.2 Å². The van der Waals surface area contributed by atoms with Gasteiger partial charge < -0.3 is 4.74 Å². The van der Waals surface area contributed by atoms with E-state index in [4.69, 9.17) is 21.4 Å². The van der Waals surface area contributed by atoms with Gasteiger partial charge >= 0.3 is 0 Å². The second kappa shape index (κ2) is 11.7. The number of sulfonamides is 1. The normalized spacial score (nSPS) is 16.5. The lowest BCUT2D eigenvalue weighted by molar-refractivity contribution is 0.0368. The van der Waals surface area contributed by atoms with Gasteiger partial charge in [0.15, 0.2) is 0 Å². The molecule has 11 heteroatoms. The summed E-state index contributed by atoms with van der Waals surface area (Å²) >= 11 is 6.41. The molecule has 0 bridgehead atoms. The van der Waals surface area contributed by atoms with Gasteiger partial charge in [0.1, 0.15) is 11.6 Å². The van der Waals surface area contributed by atoms with E-state index in [1.165, 1.54) is 16.6 Å². The molecule has 5 rings (SSSR count). The Kier molecular flexibility index (Phi) is 8.35. The highest BCUT2D eigenvalue weighted by molar-refractivity contribution is 7.88. The summed E-state index contributed by atoms with van der Waals surface area (Å²) in [7, 11) is -3.38. The zero-order chi connectivity index (χ0) is 27.6. The molecule has 0 saturated carbocycles. The van der Waals surface area contributed by atoms with Crippen LogP contribution in [-0.2, 0) is 34.3 Å². The van der Waals surface area contributed by atoms with E-state index in [-0.39, 0.29) is 12.1 Å². The fourth-order valence-electron chi connectivity index (χ4n) is 4.93. The minimum atomic E-state index is -3.38. The number of benzene rings is 2. The molecule has 3 aromatic rings. The first-order valence-corrected chi connectivity index (χ1v) is 15.0. The summed E-state index contributed by atoms with van der Waals surface area (Å²) in [5.41, 5.74) is 3.83. The summed E-state index contributed by atoms with van der Waals surface area (Å²) in [6.45, 7) is 5.62. The van der Waals surface area contributed by atoms with Crippen LogP contribution in [0.3, 0.4) is 0 Å². The Balaban J connectivity index is 1.46. The van der Waals surface area contributed by atoms with E-state index in [0.29, 0.717) is 35.8 Å². The lowest BCUT2D eigenvalue weighted by atomic mass is 10.0. The molecule has 0 unspecified atom stereocenters. The number of ether oxygens (including phenoxy) is 1. The molecule has 0 aliphatic carbocycles. The standard InChI is InChI=1S/C28H29ClF2N4O3S/c1-39(36,37)34-12-9-27-24(19-34)28(32-35(27)11-2-10-33-13-15-38-16-14-33)22-6-8-25(29)21(17-22)4-3-20-5-7-23(30)18-26(20)31/h5-8,17-18H,2,9-16,19H2,1H3. The van der Waals surface area contributed by atoms with Gasteiger partial charge in [0.2, 0.25) is 10.0 Å². The molecular weight excluding hydrogens is 546 g/mol. The van der Waals surface area contributed by atoms with Gasteiger partial charge in [-0.3, -0.25) is 9.58 Å². The highest BCUT2D eigenvalue weighted by Crippen LogP contribution is 2.33. The number of hydrogen-bond donors (Lipinski definition) is 0. The third-order valence-corrected chi connectivity index (χ3v) is 8.60. The van der Waals surface area contributed by atoms with E-state index >= 15 is 0 Å². The van der Waals surface area contributed by atoms with Crippen LogP contribution < -0.4 is 0 Å². The van der Waals surface area contributed by atoms with Gasteiger partial charge in [-0.2, -0.15) is 9.40 Å². The predicted molar refractivity (Wildman–Crippen MR) is 146 cm³/mol. The lowest BCUT2D eigenvalue weighted by Crippen LogP contribution is -2.37. The van der Waals surface area contributed by atoms with Gasteiger partial charge in [-0.15, -0.1) is 0 Å². The monoisotopic (exact) mass is 574 g/mol. The molecule has 0 N–H and O–H groups in total. The van der Waals surface area contributed by atoms with E-state index in [1.807, 2.05) is 10.7 Å². The third-order valence-electron chi connectivity index (χ3n) is 7.02. The van der Waals surface area contributed by atoms with Crippen molar-refractivity contribution >= 4 is 21.6 Å². The fraction of sp³-hybridized carbons (Fsp3) is 0.393. The molecule has 2 aliphatic heterocycles. The molecule has 2 aromatic carbocycles. The number of aryl methyl sites for hydroxylation is 1. The molecule has 39 heavy (non-hydrogen) atoms. The first-order valence-electron chi connectivity index (χ1n) is 12.8. The van der Waals surface area contributed by atoms with Crippen LogP contribution in [0.15, 0.2) is 36.4 Å². The van der Waals surface area contributed by atoms with Crippen LogP contribution in [0.1, 0.15) is 28.8 Å². The second-order valence-corrected chi connectivity index (χ2v) is 12.1. The Bertz CT molecular complexity index is 1540. The second-order valence-electron chi connectivity index (χ2n) is 9.72. The van der Waals surface area contributed by atoms with Crippen molar-refractivity contribution in [3.05, 3.63) is 75.4 Å². The maximum Gasteiger partial charge on any atom is 0.211 e. The van der Waals surface area contributed by atoms with Gasteiger partial charge in [-0.05, 0) is 30.7 Å². The molecule has 1 fully saturated rings. The molecule has 2 aliphatic rings. The predicted octanol–water partition coefficient (Wildman–Crippen LogP) is 3.92. The summed E-state index contributed by atoms with van der Waals surface area (Å²) in [5.74, 6) is 4.19. The molecule has 1 saturated heterocycles. The maximum absolute atomic E-state index is 14.1. The topological polar surface area (TPSA) is 67.7 Å². The first-order chi connectivity index (χ1) is 18.7. The Morgan fingerprint density at radius 3 is 2.54 bits per heavy atom. The Labute approximate surface area is 232 Å². The van der Waals surface area contributed by atoms with E-state index < -0.39 is 21.7 Å². The summed E-state index contributed by atoms with van der Waals surface area (Å²) in [6, 6.07) is 8.51. The minimum absolute atomic E-state index is 0.0589. The van der Waals surface area contributed by atoms with Crippen molar-refractivity contribution in [2.24, 2.45) is 0 Å². The Morgan fingerprint density at radius 1 is 1.03 bits per heavy atom. The number of rotatable bonds is 6. The largest absolute Gasteiger partial charge is 0.379 e. The zero-order valence-electron chi connectivity index (χ0n) is 21.6. The van der Waals surface area contributed by atoms with Crippen LogP contribution >= 0.6 is 11.6 Å². The zero-order valence-corrected chi connectivity index (χ0v) is 23.2. The van der Waals surface area contributed by atoms with Gasteiger partial charge in [0, 0.05) is 74.1 Å². The van der Waals surface area contributed by atoms with Crippen molar-refractivity contribution in [2.45, 2.75) is 25.9 Å². The van der Waals surface area contributed by atoms with Gasteiger partial charge in [0.05, 0.1) is 35.7 Å². The number of hydrogen-bond acceptors (Lipinski definition) is 5. The summed E-state index contributed by atoms with van der Waals surface area (Å²) < 4.78 is 61.0. The number of aromatic nitrogens is 2. The van der Waals surface area contributed by atoms with Gasteiger partial charge in [0.25, 0.3) is 0 Å². The first kappa shape index (κ1) is 27.7. The average molecular weight is 575 g/mol. The SMILES string of the molecule is CS(=O)(=O)N1CCc2c(c(-c3ccc(Cl)c(C#Cc4ccc(F)cc4F)c3)nn2CCCN2CCOCC2)C1.